The van der Waals surface area contributed by atoms with Gasteiger partial charge in [0, 0.05) is 29.8 Å². The zero-order valence-corrected chi connectivity index (χ0v) is 15.5. The van der Waals surface area contributed by atoms with E-state index in [2.05, 4.69) is 34.2 Å². The minimum absolute atomic E-state index is 0.0121. The molecule has 4 rings (SSSR count). The fourth-order valence-electron chi connectivity index (χ4n) is 3.37. The molecule has 2 aromatic heterocycles. The molecule has 1 aliphatic rings. The lowest BCUT2D eigenvalue weighted by Crippen LogP contribution is -2.23. The van der Waals surface area contributed by atoms with Crippen LogP contribution in [-0.2, 0) is 4.74 Å². The van der Waals surface area contributed by atoms with Gasteiger partial charge >= 0.3 is 0 Å². The minimum atomic E-state index is -0.488. The maximum Gasteiger partial charge on any atom is 0.191 e. The Kier molecular flexibility index (Phi) is 4.65. The first-order valence-corrected chi connectivity index (χ1v) is 8.98. The van der Waals surface area contributed by atoms with Gasteiger partial charge in [-0.3, -0.25) is 4.68 Å². The summed E-state index contributed by atoms with van der Waals surface area (Å²) in [5.74, 6) is 0.256. The molecule has 0 aliphatic carbocycles. The number of hydrogen-bond acceptors (Lipinski definition) is 6. The summed E-state index contributed by atoms with van der Waals surface area (Å²) >= 11 is 0. The molecule has 3 aromatic rings. The first kappa shape index (κ1) is 17.7. The second-order valence-corrected chi connectivity index (χ2v) is 6.88. The van der Waals surface area contributed by atoms with E-state index in [4.69, 9.17) is 9.47 Å². The number of rotatable bonds is 5. The maximum absolute atomic E-state index is 14.5. The van der Waals surface area contributed by atoms with Crippen molar-refractivity contribution >= 4 is 16.7 Å². The SMILES string of the molecule is COc1ccc2c(N[C@@H]3CCO[C@H]3c3cnn(C(C)C)c3)ncnc2c1F. The fraction of sp³-hybridized carbons (Fsp3) is 0.421. The molecule has 2 atom stereocenters. The topological polar surface area (TPSA) is 74.1 Å². The van der Waals surface area contributed by atoms with E-state index in [1.807, 2.05) is 17.1 Å². The predicted octanol–water partition coefficient (Wildman–Crippen LogP) is 3.50. The molecule has 0 amide bonds. The molecule has 3 heterocycles. The molecule has 142 valence electrons. The molecule has 0 bridgehead atoms. The molecule has 0 spiro atoms. The fourth-order valence-corrected chi connectivity index (χ4v) is 3.37. The van der Waals surface area contributed by atoms with Crippen molar-refractivity contribution in [1.82, 2.24) is 19.7 Å². The molecule has 1 aliphatic heterocycles. The summed E-state index contributed by atoms with van der Waals surface area (Å²) in [4.78, 5) is 8.40. The van der Waals surface area contributed by atoms with Crippen LogP contribution >= 0.6 is 0 Å². The lowest BCUT2D eigenvalue weighted by molar-refractivity contribution is 0.107. The Labute approximate surface area is 156 Å². The normalized spacial score (nSPS) is 19.7. The average molecular weight is 371 g/mol. The number of hydrogen-bond donors (Lipinski definition) is 1. The van der Waals surface area contributed by atoms with Gasteiger partial charge in [-0.2, -0.15) is 5.10 Å². The second kappa shape index (κ2) is 7.11. The number of nitrogens with one attached hydrogen (secondary N) is 1. The van der Waals surface area contributed by atoms with E-state index >= 15 is 0 Å². The van der Waals surface area contributed by atoms with Crippen molar-refractivity contribution in [1.29, 1.82) is 0 Å². The molecule has 7 nitrogen and oxygen atoms in total. The van der Waals surface area contributed by atoms with Crippen LogP contribution in [0.1, 0.15) is 38.0 Å². The van der Waals surface area contributed by atoms with Crippen LogP contribution in [0.15, 0.2) is 30.9 Å². The number of fused-ring (bicyclic) bond motifs is 1. The maximum atomic E-state index is 14.5. The Morgan fingerprint density at radius 1 is 1.33 bits per heavy atom. The van der Waals surface area contributed by atoms with Crippen LogP contribution in [-0.4, -0.2) is 39.5 Å². The highest BCUT2D eigenvalue weighted by atomic mass is 19.1. The molecule has 0 unspecified atom stereocenters. The van der Waals surface area contributed by atoms with Crippen LogP contribution in [0.2, 0.25) is 0 Å². The van der Waals surface area contributed by atoms with Crippen molar-refractivity contribution in [3.05, 3.63) is 42.2 Å². The van der Waals surface area contributed by atoms with Crippen molar-refractivity contribution < 1.29 is 13.9 Å². The third-order valence-corrected chi connectivity index (χ3v) is 4.82. The minimum Gasteiger partial charge on any atom is -0.494 e. The summed E-state index contributed by atoms with van der Waals surface area (Å²) in [5, 5.41) is 8.43. The van der Waals surface area contributed by atoms with Gasteiger partial charge in [-0.15, -0.1) is 0 Å². The zero-order chi connectivity index (χ0) is 19.0. The highest BCUT2D eigenvalue weighted by Gasteiger charge is 2.31. The van der Waals surface area contributed by atoms with Gasteiger partial charge in [0.05, 0.1) is 19.3 Å². The van der Waals surface area contributed by atoms with Crippen molar-refractivity contribution in [2.24, 2.45) is 0 Å². The van der Waals surface area contributed by atoms with E-state index in [9.17, 15) is 4.39 Å². The number of benzene rings is 1. The van der Waals surface area contributed by atoms with E-state index in [1.54, 1.807) is 12.1 Å². The highest BCUT2D eigenvalue weighted by molar-refractivity contribution is 5.90. The molecule has 1 N–H and O–H groups in total. The Bertz CT molecular complexity index is 958. The van der Waals surface area contributed by atoms with Crippen LogP contribution in [0.4, 0.5) is 10.2 Å². The van der Waals surface area contributed by atoms with E-state index in [0.29, 0.717) is 17.8 Å². The number of ether oxygens (including phenoxy) is 2. The summed E-state index contributed by atoms with van der Waals surface area (Å²) in [7, 11) is 1.43. The van der Waals surface area contributed by atoms with Crippen LogP contribution in [0.25, 0.3) is 10.9 Å². The molecular formula is C19H22FN5O2. The molecule has 27 heavy (non-hydrogen) atoms. The first-order valence-electron chi connectivity index (χ1n) is 8.98. The third kappa shape index (κ3) is 3.21. The number of methoxy groups -OCH3 is 1. The largest absolute Gasteiger partial charge is 0.494 e. The Hall–Kier alpha value is -2.74. The van der Waals surface area contributed by atoms with Crippen molar-refractivity contribution in [2.45, 2.75) is 38.5 Å². The lowest BCUT2D eigenvalue weighted by Gasteiger charge is -2.20. The summed E-state index contributed by atoms with van der Waals surface area (Å²) in [6.07, 6.45) is 5.90. The van der Waals surface area contributed by atoms with Crippen molar-refractivity contribution in [3.8, 4) is 5.75 Å². The summed E-state index contributed by atoms with van der Waals surface area (Å²) < 4.78 is 27.4. The van der Waals surface area contributed by atoms with Gasteiger partial charge < -0.3 is 14.8 Å². The van der Waals surface area contributed by atoms with Crippen LogP contribution in [0.3, 0.4) is 0 Å². The van der Waals surface area contributed by atoms with Crippen LogP contribution < -0.4 is 10.1 Å². The highest BCUT2D eigenvalue weighted by Crippen LogP contribution is 2.34. The third-order valence-electron chi connectivity index (χ3n) is 4.82. The van der Waals surface area contributed by atoms with E-state index < -0.39 is 5.82 Å². The Morgan fingerprint density at radius 3 is 2.93 bits per heavy atom. The monoisotopic (exact) mass is 371 g/mol. The molecule has 1 aromatic carbocycles. The molecule has 1 saturated heterocycles. The Balaban J connectivity index is 1.63. The molecular weight excluding hydrogens is 349 g/mol. The lowest BCUT2D eigenvalue weighted by atomic mass is 10.1. The van der Waals surface area contributed by atoms with E-state index in [0.717, 1.165) is 12.0 Å². The number of anilines is 1. The average Bonchev–Trinajstić information content (AvgIpc) is 3.32. The van der Waals surface area contributed by atoms with Gasteiger partial charge in [-0.1, -0.05) is 0 Å². The molecule has 8 heteroatoms. The Morgan fingerprint density at radius 2 is 2.19 bits per heavy atom. The van der Waals surface area contributed by atoms with Gasteiger partial charge in [0.1, 0.15) is 23.8 Å². The van der Waals surface area contributed by atoms with Gasteiger partial charge in [0.25, 0.3) is 0 Å². The van der Waals surface area contributed by atoms with Gasteiger partial charge in [-0.05, 0) is 32.4 Å². The van der Waals surface area contributed by atoms with Gasteiger partial charge in [-0.25, -0.2) is 14.4 Å². The molecule has 0 radical (unpaired) electrons. The molecule has 0 saturated carbocycles. The predicted molar refractivity (Wildman–Crippen MR) is 99.4 cm³/mol. The van der Waals surface area contributed by atoms with Crippen LogP contribution in [0, 0.1) is 5.82 Å². The van der Waals surface area contributed by atoms with E-state index in [-0.39, 0.29) is 29.5 Å². The van der Waals surface area contributed by atoms with Crippen molar-refractivity contribution in [3.63, 3.8) is 0 Å². The second-order valence-electron chi connectivity index (χ2n) is 6.88. The quantitative estimate of drug-likeness (QED) is 0.740. The zero-order valence-electron chi connectivity index (χ0n) is 15.5. The van der Waals surface area contributed by atoms with Gasteiger partial charge in [0.15, 0.2) is 11.6 Å². The summed E-state index contributed by atoms with van der Waals surface area (Å²) in [6.45, 7) is 4.80. The number of aromatic nitrogens is 4. The smallest absolute Gasteiger partial charge is 0.191 e. The van der Waals surface area contributed by atoms with E-state index in [1.165, 1.54) is 13.4 Å². The van der Waals surface area contributed by atoms with Crippen LogP contribution in [0.5, 0.6) is 5.75 Å². The standard InChI is InChI=1S/C19H22FN5O2/c1-11(2)25-9-12(8-23-25)18-14(6-7-27-18)24-19-13-4-5-15(26-3)16(20)17(13)21-10-22-19/h4-5,8-11,14,18H,6-7H2,1-3H3,(H,21,22,24)/t14-,18+/m1/s1. The van der Waals surface area contributed by atoms with Crippen molar-refractivity contribution in [2.75, 3.05) is 19.0 Å². The summed E-state index contributed by atoms with van der Waals surface area (Å²) in [6, 6.07) is 3.65. The summed E-state index contributed by atoms with van der Waals surface area (Å²) in [5.41, 5.74) is 1.25. The molecule has 1 fully saturated rings. The number of halogens is 1. The number of nitrogens with zero attached hydrogens (tertiary/aromatic N) is 4. The first-order chi connectivity index (χ1) is 13.1. The van der Waals surface area contributed by atoms with Gasteiger partial charge in [0.2, 0.25) is 0 Å².